The van der Waals surface area contributed by atoms with Crippen molar-refractivity contribution in [1.82, 2.24) is 10.3 Å². The number of benzene rings is 2. The molecule has 3 rings (SSSR count). The quantitative estimate of drug-likeness (QED) is 0.750. The highest BCUT2D eigenvalue weighted by Gasteiger charge is 2.14. The molecule has 0 atom stereocenters. The summed E-state index contributed by atoms with van der Waals surface area (Å²) in [5.41, 5.74) is 3.18. The number of nitrogens with zero attached hydrogens (tertiary/aromatic N) is 1. The van der Waals surface area contributed by atoms with E-state index in [9.17, 15) is 4.79 Å². The van der Waals surface area contributed by atoms with Crippen LogP contribution in [0.15, 0.2) is 54.6 Å². The minimum atomic E-state index is -0.0826. The maximum absolute atomic E-state index is 12.6. The SMILES string of the molecule is CCOc1ccc(-c2cc(C(=O)NC(C)C)c3ccccc3n2)cc1. The van der Waals surface area contributed by atoms with Crippen LogP contribution in [0.25, 0.3) is 22.2 Å². The number of ether oxygens (including phenoxy) is 1. The minimum absolute atomic E-state index is 0.0772. The van der Waals surface area contributed by atoms with E-state index in [1.54, 1.807) is 0 Å². The maximum Gasteiger partial charge on any atom is 0.252 e. The number of aromatic nitrogens is 1. The average Bonchev–Trinajstić information content (AvgIpc) is 2.61. The maximum atomic E-state index is 12.6. The summed E-state index contributed by atoms with van der Waals surface area (Å²) in [4.78, 5) is 17.4. The molecule has 0 aliphatic rings. The summed E-state index contributed by atoms with van der Waals surface area (Å²) < 4.78 is 5.49. The zero-order valence-corrected chi connectivity index (χ0v) is 14.7. The lowest BCUT2D eigenvalue weighted by molar-refractivity contribution is 0.0945. The van der Waals surface area contributed by atoms with Crippen LogP contribution in [0, 0.1) is 0 Å². The molecule has 128 valence electrons. The molecule has 1 aromatic heterocycles. The largest absolute Gasteiger partial charge is 0.494 e. The Bertz CT molecular complexity index is 886. The zero-order valence-electron chi connectivity index (χ0n) is 14.7. The Morgan fingerprint density at radius 1 is 1.12 bits per heavy atom. The van der Waals surface area contributed by atoms with Crippen molar-refractivity contribution in [2.24, 2.45) is 0 Å². The molecule has 0 bridgehead atoms. The number of amides is 1. The highest BCUT2D eigenvalue weighted by Crippen LogP contribution is 2.26. The van der Waals surface area contributed by atoms with Gasteiger partial charge in [-0.1, -0.05) is 18.2 Å². The standard InChI is InChI=1S/C21H22N2O2/c1-4-25-16-11-9-15(10-12-16)20-13-18(21(24)22-14(2)3)17-7-5-6-8-19(17)23-20/h5-14H,4H2,1-3H3,(H,22,24). The van der Waals surface area contributed by atoms with E-state index in [4.69, 9.17) is 9.72 Å². The Hall–Kier alpha value is -2.88. The molecule has 0 aliphatic heterocycles. The van der Waals surface area contributed by atoms with Crippen molar-refractivity contribution in [3.05, 3.63) is 60.2 Å². The van der Waals surface area contributed by atoms with E-state index in [-0.39, 0.29) is 11.9 Å². The predicted molar refractivity (Wildman–Crippen MR) is 101 cm³/mol. The van der Waals surface area contributed by atoms with Crippen LogP contribution in [0.4, 0.5) is 0 Å². The Kier molecular flexibility index (Phi) is 4.98. The fourth-order valence-electron chi connectivity index (χ4n) is 2.74. The Morgan fingerprint density at radius 2 is 1.84 bits per heavy atom. The summed E-state index contributed by atoms with van der Waals surface area (Å²) in [7, 11) is 0. The van der Waals surface area contributed by atoms with Gasteiger partial charge < -0.3 is 10.1 Å². The zero-order chi connectivity index (χ0) is 17.8. The topological polar surface area (TPSA) is 51.2 Å². The van der Waals surface area contributed by atoms with E-state index < -0.39 is 0 Å². The molecule has 4 nitrogen and oxygen atoms in total. The van der Waals surface area contributed by atoms with E-state index in [0.717, 1.165) is 27.9 Å². The van der Waals surface area contributed by atoms with Crippen LogP contribution in [0.5, 0.6) is 5.75 Å². The van der Waals surface area contributed by atoms with Crippen LogP contribution in [-0.4, -0.2) is 23.5 Å². The van der Waals surface area contributed by atoms with E-state index in [1.807, 2.05) is 75.4 Å². The van der Waals surface area contributed by atoms with Gasteiger partial charge in [-0.15, -0.1) is 0 Å². The van der Waals surface area contributed by atoms with Gasteiger partial charge in [-0.2, -0.15) is 0 Å². The fraction of sp³-hybridized carbons (Fsp3) is 0.238. The first-order valence-electron chi connectivity index (χ1n) is 8.52. The summed E-state index contributed by atoms with van der Waals surface area (Å²) in [5, 5.41) is 3.83. The first kappa shape index (κ1) is 17.0. The molecule has 3 aromatic rings. The van der Waals surface area contributed by atoms with Gasteiger partial charge in [0.2, 0.25) is 0 Å². The fourth-order valence-corrected chi connectivity index (χ4v) is 2.74. The normalized spacial score (nSPS) is 10.9. The Balaban J connectivity index is 2.08. The molecule has 2 aromatic carbocycles. The van der Waals surface area contributed by atoms with Crippen LogP contribution in [0.3, 0.4) is 0 Å². The van der Waals surface area contributed by atoms with E-state index in [2.05, 4.69) is 5.32 Å². The molecule has 0 saturated heterocycles. The van der Waals surface area contributed by atoms with Crippen LogP contribution in [0.1, 0.15) is 31.1 Å². The Labute approximate surface area is 147 Å². The second kappa shape index (κ2) is 7.34. The summed E-state index contributed by atoms with van der Waals surface area (Å²) in [5.74, 6) is 0.741. The van der Waals surface area contributed by atoms with Crippen molar-refractivity contribution in [2.45, 2.75) is 26.8 Å². The van der Waals surface area contributed by atoms with Crippen molar-refractivity contribution in [3.63, 3.8) is 0 Å². The van der Waals surface area contributed by atoms with Crippen LogP contribution >= 0.6 is 0 Å². The molecule has 0 spiro atoms. The third-order valence-corrected chi connectivity index (χ3v) is 3.84. The smallest absolute Gasteiger partial charge is 0.252 e. The molecule has 1 N–H and O–H groups in total. The van der Waals surface area contributed by atoms with E-state index in [1.165, 1.54) is 0 Å². The van der Waals surface area contributed by atoms with Crippen molar-refractivity contribution in [2.75, 3.05) is 6.61 Å². The van der Waals surface area contributed by atoms with Gasteiger partial charge in [-0.3, -0.25) is 4.79 Å². The minimum Gasteiger partial charge on any atom is -0.494 e. The third-order valence-electron chi connectivity index (χ3n) is 3.84. The number of carbonyl (C=O) groups excluding carboxylic acids is 1. The molecule has 0 unspecified atom stereocenters. The van der Waals surface area contributed by atoms with Crippen molar-refractivity contribution >= 4 is 16.8 Å². The number of pyridine rings is 1. The van der Waals surface area contributed by atoms with Crippen molar-refractivity contribution < 1.29 is 9.53 Å². The number of para-hydroxylation sites is 1. The molecule has 1 heterocycles. The molecule has 0 radical (unpaired) electrons. The molecular formula is C21H22N2O2. The van der Waals surface area contributed by atoms with Gasteiger partial charge in [0.15, 0.2) is 0 Å². The van der Waals surface area contributed by atoms with Crippen molar-refractivity contribution in [3.8, 4) is 17.0 Å². The second-order valence-corrected chi connectivity index (χ2v) is 6.16. The molecule has 0 saturated carbocycles. The van der Waals surface area contributed by atoms with Gasteiger partial charge in [-0.25, -0.2) is 4.98 Å². The molecule has 1 amide bonds. The van der Waals surface area contributed by atoms with Gasteiger partial charge in [0.25, 0.3) is 5.91 Å². The molecule has 0 aliphatic carbocycles. The highest BCUT2D eigenvalue weighted by atomic mass is 16.5. The number of fused-ring (bicyclic) bond motifs is 1. The molecule has 0 fully saturated rings. The van der Waals surface area contributed by atoms with E-state index >= 15 is 0 Å². The van der Waals surface area contributed by atoms with Gasteiger partial charge in [0, 0.05) is 17.0 Å². The summed E-state index contributed by atoms with van der Waals surface area (Å²) in [6.45, 7) is 6.49. The first-order chi connectivity index (χ1) is 12.1. The molecule has 25 heavy (non-hydrogen) atoms. The summed E-state index contributed by atoms with van der Waals surface area (Å²) >= 11 is 0. The third kappa shape index (κ3) is 3.79. The number of carbonyl (C=O) groups is 1. The van der Waals surface area contributed by atoms with Crippen LogP contribution in [-0.2, 0) is 0 Å². The highest BCUT2D eigenvalue weighted by molar-refractivity contribution is 6.07. The lowest BCUT2D eigenvalue weighted by Crippen LogP contribution is -2.30. The lowest BCUT2D eigenvalue weighted by atomic mass is 10.0. The summed E-state index contributed by atoms with van der Waals surface area (Å²) in [6.07, 6.45) is 0. The molecular weight excluding hydrogens is 312 g/mol. The van der Waals surface area contributed by atoms with Crippen LogP contribution < -0.4 is 10.1 Å². The average molecular weight is 334 g/mol. The van der Waals surface area contributed by atoms with Gasteiger partial charge in [0.05, 0.1) is 23.4 Å². The number of hydrogen-bond acceptors (Lipinski definition) is 3. The monoisotopic (exact) mass is 334 g/mol. The van der Waals surface area contributed by atoms with Crippen molar-refractivity contribution in [1.29, 1.82) is 0 Å². The van der Waals surface area contributed by atoms with E-state index in [0.29, 0.717) is 12.2 Å². The second-order valence-electron chi connectivity index (χ2n) is 6.16. The predicted octanol–water partition coefficient (Wildman–Crippen LogP) is 4.44. The first-order valence-corrected chi connectivity index (χ1v) is 8.52. The molecule has 4 heteroatoms. The van der Waals surface area contributed by atoms with Crippen LogP contribution in [0.2, 0.25) is 0 Å². The summed E-state index contributed by atoms with van der Waals surface area (Å²) in [6, 6.07) is 17.4. The number of hydrogen-bond donors (Lipinski definition) is 1. The number of rotatable bonds is 5. The number of nitrogens with one attached hydrogen (secondary N) is 1. The van der Waals surface area contributed by atoms with Gasteiger partial charge in [0.1, 0.15) is 5.75 Å². The van der Waals surface area contributed by atoms with Gasteiger partial charge >= 0.3 is 0 Å². The lowest BCUT2D eigenvalue weighted by Gasteiger charge is -2.12. The Morgan fingerprint density at radius 3 is 2.52 bits per heavy atom. The van der Waals surface area contributed by atoms with Gasteiger partial charge in [-0.05, 0) is 57.2 Å².